The number of amides is 1. The molecule has 5 rings (SSSR count). The number of piperidine rings is 1. The van der Waals surface area contributed by atoms with Crippen molar-refractivity contribution in [3.63, 3.8) is 0 Å². The number of ether oxygens (including phenoxy) is 1. The van der Waals surface area contributed by atoms with E-state index in [1.165, 1.54) is 30.8 Å². The highest BCUT2D eigenvalue weighted by atomic mass is 16.5. The molecule has 0 bridgehead atoms. The lowest BCUT2D eigenvalue weighted by molar-refractivity contribution is 0.0442. The molecule has 1 aromatic heterocycles. The molecule has 11 heteroatoms. The number of aryl methyl sites for hydroxylation is 2. The minimum absolute atomic E-state index is 0.0107. The zero-order valence-electron chi connectivity index (χ0n) is 27.1. The van der Waals surface area contributed by atoms with Crippen molar-refractivity contribution in [3.8, 4) is 5.75 Å². The third kappa shape index (κ3) is 8.87. The van der Waals surface area contributed by atoms with Crippen LogP contribution in [0.15, 0.2) is 42.6 Å². The fourth-order valence-electron chi connectivity index (χ4n) is 5.64. The van der Waals surface area contributed by atoms with E-state index in [1.807, 2.05) is 24.9 Å². The number of rotatable bonds is 6. The van der Waals surface area contributed by atoms with Gasteiger partial charge in [0.2, 0.25) is 5.95 Å². The molecule has 8 N–H and O–H groups in total. The van der Waals surface area contributed by atoms with Gasteiger partial charge in [0.15, 0.2) is 0 Å². The SMILES string of the molecule is CC.CN.CN.COc1cc(NN)ccc1C(=O)N1CCC(N2Cc3cnc(Nc4cc(C)cc(C)c4)nc3C2)C(C)C1. The molecule has 2 aliphatic heterocycles. The van der Waals surface area contributed by atoms with E-state index in [9.17, 15) is 4.79 Å². The number of nitrogens with two attached hydrogens (primary N) is 3. The standard InChI is InChI=1S/C28H35N7O2.C2H6.2CH5N/c1-17-9-18(2)11-22(10-17)31-28-30-13-20-15-35(16-24(20)32-28)25-7-8-34(14-19(25)3)27(36)23-6-5-21(33-29)12-26(23)37-4;3*1-2/h5-6,9-13,19,25,33H,7-8,14-16,29H2,1-4H3,(H,30,31,32);1-2H3;2*2H2,1H3. The molecule has 1 amide bonds. The molecule has 1 fully saturated rings. The van der Waals surface area contributed by atoms with Gasteiger partial charge in [-0.25, -0.2) is 9.97 Å². The maximum atomic E-state index is 13.3. The van der Waals surface area contributed by atoms with Crippen molar-refractivity contribution in [1.82, 2.24) is 19.8 Å². The van der Waals surface area contributed by atoms with Gasteiger partial charge in [0.1, 0.15) is 5.75 Å². The minimum Gasteiger partial charge on any atom is -0.496 e. The molecule has 2 atom stereocenters. The summed E-state index contributed by atoms with van der Waals surface area (Å²) in [7, 11) is 4.57. The number of likely N-dealkylation sites (tertiary alicyclic amines) is 1. The Labute approximate surface area is 257 Å². The highest BCUT2D eigenvalue weighted by Crippen LogP contribution is 2.32. The van der Waals surface area contributed by atoms with Crippen molar-refractivity contribution >= 4 is 23.2 Å². The highest BCUT2D eigenvalue weighted by molar-refractivity contribution is 5.97. The molecule has 2 unspecified atom stereocenters. The second kappa shape index (κ2) is 17.4. The molecular formula is C32H51N9O2. The molecule has 0 saturated carbocycles. The Balaban J connectivity index is 0.00000101. The number of hydrogen-bond acceptors (Lipinski definition) is 10. The van der Waals surface area contributed by atoms with E-state index in [1.54, 1.807) is 25.3 Å². The van der Waals surface area contributed by atoms with E-state index < -0.39 is 0 Å². The van der Waals surface area contributed by atoms with Gasteiger partial charge in [0.25, 0.3) is 5.91 Å². The molecule has 1 saturated heterocycles. The van der Waals surface area contributed by atoms with Crippen LogP contribution in [0.5, 0.6) is 5.75 Å². The summed E-state index contributed by atoms with van der Waals surface area (Å²) >= 11 is 0. The number of hydrogen-bond donors (Lipinski definition) is 5. The van der Waals surface area contributed by atoms with Crippen LogP contribution < -0.4 is 32.8 Å². The summed E-state index contributed by atoms with van der Waals surface area (Å²) in [5, 5.41) is 3.36. The number of benzene rings is 2. The van der Waals surface area contributed by atoms with Crippen LogP contribution in [0.1, 0.15) is 59.9 Å². The molecule has 0 spiro atoms. The lowest BCUT2D eigenvalue weighted by Crippen LogP contribution is -2.50. The lowest BCUT2D eigenvalue weighted by Gasteiger charge is -2.41. The van der Waals surface area contributed by atoms with Gasteiger partial charge < -0.3 is 31.8 Å². The average molecular weight is 594 g/mol. The fraction of sp³-hybridized carbons (Fsp3) is 0.469. The zero-order chi connectivity index (χ0) is 32.1. The van der Waals surface area contributed by atoms with Crippen molar-refractivity contribution in [2.75, 3.05) is 45.0 Å². The number of carbonyl (C=O) groups is 1. The molecular weight excluding hydrogens is 542 g/mol. The zero-order valence-corrected chi connectivity index (χ0v) is 27.1. The van der Waals surface area contributed by atoms with Crippen molar-refractivity contribution in [2.45, 2.75) is 60.2 Å². The molecule has 2 aromatic carbocycles. The fourth-order valence-corrected chi connectivity index (χ4v) is 5.64. The Morgan fingerprint density at radius 3 is 2.28 bits per heavy atom. The largest absolute Gasteiger partial charge is 0.496 e. The van der Waals surface area contributed by atoms with E-state index in [0.29, 0.717) is 48.0 Å². The number of methoxy groups -OCH3 is 1. The van der Waals surface area contributed by atoms with Crippen LogP contribution in [-0.2, 0) is 13.1 Å². The van der Waals surface area contributed by atoms with Gasteiger partial charge in [-0.3, -0.25) is 15.5 Å². The number of hydrazine groups is 1. The normalized spacial score (nSPS) is 17.1. The van der Waals surface area contributed by atoms with Crippen LogP contribution in [0, 0.1) is 19.8 Å². The minimum atomic E-state index is -0.0107. The smallest absolute Gasteiger partial charge is 0.257 e. The second-order valence-corrected chi connectivity index (χ2v) is 10.2. The van der Waals surface area contributed by atoms with Gasteiger partial charge in [0, 0.05) is 55.7 Å². The van der Waals surface area contributed by atoms with Crippen LogP contribution in [-0.4, -0.2) is 66.0 Å². The monoisotopic (exact) mass is 593 g/mol. The maximum Gasteiger partial charge on any atom is 0.257 e. The van der Waals surface area contributed by atoms with Crippen LogP contribution in [0.2, 0.25) is 0 Å². The van der Waals surface area contributed by atoms with Gasteiger partial charge in [-0.05, 0) is 75.7 Å². The molecule has 3 heterocycles. The summed E-state index contributed by atoms with van der Waals surface area (Å²) in [5.74, 6) is 6.97. The predicted molar refractivity (Wildman–Crippen MR) is 176 cm³/mol. The number of fused-ring (bicyclic) bond motifs is 1. The quantitative estimate of drug-likeness (QED) is 0.207. The number of aromatic nitrogens is 2. The van der Waals surface area contributed by atoms with Gasteiger partial charge in [-0.15, -0.1) is 0 Å². The summed E-state index contributed by atoms with van der Waals surface area (Å²) in [6.07, 6.45) is 2.86. The van der Waals surface area contributed by atoms with Crippen molar-refractivity contribution < 1.29 is 9.53 Å². The summed E-state index contributed by atoms with van der Waals surface area (Å²) in [4.78, 5) is 27.1. The Morgan fingerprint density at radius 1 is 1.00 bits per heavy atom. The molecule has 2 aliphatic rings. The van der Waals surface area contributed by atoms with Crippen molar-refractivity contribution in [1.29, 1.82) is 0 Å². The number of nitrogen functional groups attached to an aromatic ring is 1. The first-order valence-corrected chi connectivity index (χ1v) is 14.9. The van der Waals surface area contributed by atoms with E-state index in [0.717, 1.165) is 30.9 Å². The van der Waals surface area contributed by atoms with E-state index in [-0.39, 0.29) is 5.91 Å². The topological polar surface area (TPSA) is 161 Å². The first-order chi connectivity index (χ1) is 20.8. The summed E-state index contributed by atoms with van der Waals surface area (Å²) in [6.45, 7) is 13.4. The molecule has 43 heavy (non-hydrogen) atoms. The van der Waals surface area contributed by atoms with Gasteiger partial charge in [-0.2, -0.15) is 0 Å². The van der Waals surface area contributed by atoms with Crippen LogP contribution in [0.3, 0.4) is 0 Å². The first kappa shape index (κ1) is 35.4. The highest BCUT2D eigenvalue weighted by Gasteiger charge is 2.36. The number of nitrogens with zero attached hydrogens (tertiary/aromatic N) is 4. The van der Waals surface area contributed by atoms with Crippen LogP contribution in [0.25, 0.3) is 0 Å². The predicted octanol–water partition coefficient (Wildman–Crippen LogP) is 4.17. The van der Waals surface area contributed by atoms with Crippen molar-refractivity contribution in [3.05, 3.63) is 70.5 Å². The Kier molecular flexibility index (Phi) is 14.3. The third-order valence-electron chi connectivity index (χ3n) is 7.37. The van der Waals surface area contributed by atoms with Gasteiger partial charge in [0.05, 0.1) is 24.1 Å². The molecule has 236 valence electrons. The van der Waals surface area contributed by atoms with E-state index in [4.69, 9.17) is 15.6 Å². The number of anilines is 3. The van der Waals surface area contributed by atoms with Gasteiger partial charge in [-0.1, -0.05) is 26.8 Å². The van der Waals surface area contributed by atoms with E-state index in [2.05, 4.69) is 71.1 Å². The lowest BCUT2D eigenvalue weighted by atomic mass is 9.92. The van der Waals surface area contributed by atoms with Gasteiger partial charge >= 0.3 is 0 Å². The van der Waals surface area contributed by atoms with Crippen LogP contribution in [0.4, 0.5) is 17.3 Å². The third-order valence-corrected chi connectivity index (χ3v) is 7.37. The number of carbonyl (C=O) groups excluding carboxylic acids is 1. The first-order valence-electron chi connectivity index (χ1n) is 14.9. The van der Waals surface area contributed by atoms with E-state index >= 15 is 0 Å². The second-order valence-electron chi connectivity index (χ2n) is 10.2. The van der Waals surface area contributed by atoms with Crippen molar-refractivity contribution in [2.24, 2.45) is 23.2 Å². The summed E-state index contributed by atoms with van der Waals surface area (Å²) in [6, 6.07) is 12.0. The average Bonchev–Trinajstić information content (AvgIpc) is 3.46. The summed E-state index contributed by atoms with van der Waals surface area (Å²) in [5.41, 5.74) is 18.5. The molecule has 0 aliphatic carbocycles. The Morgan fingerprint density at radius 2 is 1.67 bits per heavy atom. The number of nitrogens with one attached hydrogen (secondary N) is 2. The molecule has 0 radical (unpaired) electrons. The summed E-state index contributed by atoms with van der Waals surface area (Å²) < 4.78 is 5.45. The Bertz CT molecular complexity index is 1300. The Hall–Kier alpha value is -3.77. The molecule has 11 nitrogen and oxygen atoms in total. The maximum absolute atomic E-state index is 13.3. The van der Waals surface area contributed by atoms with Crippen LogP contribution >= 0.6 is 0 Å². The molecule has 3 aromatic rings.